The molecule has 0 aromatic rings. The van der Waals surface area contributed by atoms with Crippen molar-refractivity contribution in [3.8, 4) is 0 Å². The lowest BCUT2D eigenvalue weighted by atomic mass is 10.0. The molecule has 0 unspecified atom stereocenters. The summed E-state index contributed by atoms with van der Waals surface area (Å²) in [6, 6.07) is 0. The van der Waals surface area contributed by atoms with Crippen molar-refractivity contribution in [3.05, 3.63) is 24.6 Å². The highest BCUT2D eigenvalue weighted by molar-refractivity contribution is 6.00. The average Bonchev–Trinajstić information content (AvgIpc) is 2.31. The van der Waals surface area contributed by atoms with E-state index in [2.05, 4.69) is 36.4 Å². The van der Waals surface area contributed by atoms with E-state index in [0.29, 0.717) is 0 Å². The molecule has 0 bridgehead atoms. The maximum atomic E-state index is 4.30. The molecule has 1 saturated heterocycles. The van der Waals surface area contributed by atoms with E-state index in [1.54, 1.807) is 6.20 Å². The molecule has 0 aromatic carbocycles. The van der Waals surface area contributed by atoms with Crippen molar-refractivity contribution in [2.24, 2.45) is 4.99 Å². The van der Waals surface area contributed by atoms with Crippen molar-refractivity contribution < 1.29 is 0 Å². The first-order valence-electron chi connectivity index (χ1n) is 5.92. The lowest BCUT2D eigenvalue weighted by Gasteiger charge is -2.31. The minimum Gasteiger partial charge on any atom is -0.371 e. The standard InChI is InChI=1S/C11H18N2.C2H6/c1-4-11-10(12-5-2)8-7-9-13(11)6-3;1-2/h4-5H,2,6-9H2,1,3H3;1-2H3/b11-4+,12-10?;. The number of hydrogen-bond acceptors (Lipinski definition) is 2. The Morgan fingerprint density at radius 1 is 1.47 bits per heavy atom. The molecule has 1 fully saturated rings. The highest BCUT2D eigenvalue weighted by Gasteiger charge is 2.17. The Morgan fingerprint density at radius 3 is 2.60 bits per heavy atom. The highest BCUT2D eigenvalue weighted by Crippen LogP contribution is 2.18. The summed E-state index contributed by atoms with van der Waals surface area (Å²) in [5.41, 5.74) is 2.47. The highest BCUT2D eigenvalue weighted by atomic mass is 15.1. The molecule has 1 heterocycles. The van der Waals surface area contributed by atoms with Crippen LogP contribution < -0.4 is 0 Å². The van der Waals surface area contributed by atoms with E-state index < -0.39 is 0 Å². The van der Waals surface area contributed by atoms with Crippen LogP contribution in [-0.2, 0) is 0 Å². The molecule has 2 nitrogen and oxygen atoms in total. The van der Waals surface area contributed by atoms with Gasteiger partial charge in [0, 0.05) is 19.3 Å². The van der Waals surface area contributed by atoms with E-state index in [1.807, 2.05) is 13.8 Å². The maximum absolute atomic E-state index is 4.30. The molecule has 0 aliphatic carbocycles. The molecule has 1 aliphatic rings. The average molecular weight is 208 g/mol. The number of nitrogens with zero attached hydrogens (tertiary/aromatic N) is 2. The minimum atomic E-state index is 1.07. The first-order valence-corrected chi connectivity index (χ1v) is 5.92. The van der Waals surface area contributed by atoms with Crippen LogP contribution in [0.25, 0.3) is 0 Å². The second-order valence-corrected chi connectivity index (χ2v) is 3.12. The Kier molecular flexibility index (Phi) is 7.69. The Balaban J connectivity index is 0.000000921. The lowest BCUT2D eigenvalue weighted by molar-refractivity contribution is 0.358. The van der Waals surface area contributed by atoms with Crippen molar-refractivity contribution in [1.29, 1.82) is 0 Å². The number of allylic oxidation sites excluding steroid dienone is 2. The Morgan fingerprint density at radius 2 is 2.13 bits per heavy atom. The van der Waals surface area contributed by atoms with Gasteiger partial charge in [0.25, 0.3) is 0 Å². The van der Waals surface area contributed by atoms with Crippen LogP contribution in [0.3, 0.4) is 0 Å². The van der Waals surface area contributed by atoms with Crippen LogP contribution in [0.4, 0.5) is 0 Å². The summed E-state index contributed by atoms with van der Waals surface area (Å²) in [6.07, 6.45) is 6.07. The number of aliphatic imine (C=N–C) groups is 1. The van der Waals surface area contributed by atoms with E-state index in [-0.39, 0.29) is 0 Å². The van der Waals surface area contributed by atoms with Gasteiger partial charge in [0.1, 0.15) is 0 Å². The fourth-order valence-electron chi connectivity index (χ4n) is 1.79. The normalized spacial score (nSPS) is 21.2. The van der Waals surface area contributed by atoms with Crippen LogP contribution in [0.1, 0.15) is 40.5 Å². The van der Waals surface area contributed by atoms with E-state index in [1.165, 1.54) is 17.8 Å². The fraction of sp³-hybridized carbons (Fsp3) is 0.615. The number of rotatable bonds is 2. The Bertz CT molecular complexity index is 239. The Hall–Kier alpha value is -1.05. The molecular formula is C13H24N2. The van der Waals surface area contributed by atoms with Gasteiger partial charge in [0.15, 0.2) is 0 Å². The van der Waals surface area contributed by atoms with Gasteiger partial charge in [0.05, 0.1) is 11.4 Å². The van der Waals surface area contributed by atoms with Crippen LogP contribution in [0.2, 0.25) is 0 Å². The number of likely N-dealkylation sites (tertiary alicyclic amines) is 1. The molecule has 0 amide bonds. The third-order valence-corrected chi connectivity index (χ3v) is 2.38. The maximum Gasteiger partial charge on any atom is 0.0633 e. The van der Waals surface area contributed by atoms with Crippen LogP contribution in [0.15, 0.2) is 29.5 Å². The summed E-state index contributed by atoms with van der Waals surface area (Å²) in [5.74, 6) is 0. The zero-order chi connectivity index (χ0) is 11.7. The molecule has 0 N–H and O–H groups in total. The molecule has 0 radical (unpaired) electrons. The third kappa shape index (κ3) is 3.90. The molecule has 0 spiro atoms. The van der Waals surface area contributed by atoms with E-state index in [4.69, 9.17) is 0 Å². The predicted molar refractivity (Wildman–Crippen MR) is 69.2 cm³/mol. The minimum absolute atomic E-state index is 1.07. The third-order valence-electron chi connectivity index (χ3n) is 2.38. The molecule has 1 aliphatic heterocycles. The summed E-state index contributed by atoms with van der Waals surface area (Å²) >= 11 is 0. The number of piperidine rings is 1. The summed E-state index contributed by atoms with van der Waals surface area (Å²) in [7, 11) is 0. The molecule has 15 heavy (non-hydrogen) atoms. The quantitative estimate of drug-likeness (QED) is 0.676. The Labute approximate surface area is 94.4 Å². The molecule has 86 valence electrons. The van der Waals surface area contributed by atoms with Gasteiger partial charge in [-0.25, -0.2) is 0 Å². The number of hydrogen-bond donors (Lipinski definition) is 0. The van der Waals surface area contributed by atoms with Crippen molar-refractivity contribution in [1.82, 2.24) is 4.90 Å². The lowest BCUT2D eigenvalue weighted by Crippen LogP contribution is -2.33. The molecule has 2 heteroatoms. The molecule has 1 rings (SSSR count). The zero-order valence-electron chi connectivity index (χ0n) is 10.6. The van der Waals surface area contributed by atoms with Gasteiger partial charge in [0.2, 0.25) is 0 Å². The topological polar surface area (TPSA) is 15.6 Å². The van der Waals surface area contributed by atoms with E-state index in [0.717, 1.165) is 19.5 Å². The monoisotopic (exact) mass is 208 g/mol. The van der Waals surface area contributed by atoms with Gasteiger partial charge in [-0.3, -0.25) is 4.99 Å². The van der Waals surface area contributed by atoms with E-state index >= 15 is 0 Å². The molecule has 0 atom stereocenters. The summed E-state index contributed by atoms with van der Waals surface area (Å²) in [6.45, 7) is 14.1. The van der Waals surface area contributed by atoms with Crippen LogP contribution >= 0.6 is 0 Å². The SMILES string of the molecule is C=CN=C1CCCN(CC)/C1=C/C.CC. The van der Waals surface area contributed by atoms with Crippen molar-refractivity contribution in [3.63, 3.8) is 0 Å². The predicted octanol–water partition coefficient (Wildman–Crippen LogP) is 3.62. The zero-order valence-corrected chi connectivity index (χ0v) is 10.6. The first kappa shape index (κ1) is 13.9. The molecule has 0 aromatic heterocycles. The fourth-order valence-corrected chi connectivity index (χ4v) is 1.79. The van der Waals surface area contributed by atoms with Gasteiger partial charge in [-0.1, -0.05) is 26.5 Å². The molecular weight excluding hydrogens is 184 g/mol. The van der Waals surface area contributed by atoms with Gasteiger partial charge >= 0.3 is 0 Å². The summed E-state index contributed by atoms with van der Waals surface area (Å²) < 4.78 is 0. The molecule has 0 saturated carbocycles. The first-order chi connectivity index (χ1) is 7.33. The smallest absolute Gasteiger partial charge is 0.0633 e. The van der Waals surface area contributed by atoms with Crippen LogP contribution in [0.5, 0.6) is 0 Å². The van der Waals surface area contributed by atoms with Crippen molar-refractivity contribution in [2.45, 2.75) is 40.5 Å². The van der Waals surface area contributed by atoms with Gasteiger partial charge < -0.3 is 4.90 Å². The van der Waals surface area contributed by atoms with Crippen LogP contribution in [0, 0.1) is 0 Å². The van der Waals surface area contributed by atoms with Crippen molar-refractivity contribution in [2.75, 3.05) is 13.1 Å². The van der Waals surface area contributed by atoms with Crippen molar-refractivity contribution >= 4 is 5.71 Å². The second kappa shape index (κ2) is 8.27. The van der Waals surface area contributed by atoms with E-state index in [9.17, 15) is 0 Å². The van der Waals surface area contributed by atoms with Crippen LogP contribution in [-0.4, -0.2) is 23.7 Å². The second-order valence-electron chi connectivity index (χ2n) is 3.12. The van der Waals surface area contributed by atoms with Gasteiger partial charge in [-0.2, -0.15) is 0 Å². The summed E-state index contributed by atoms with van der Waals surface area (Å²) in [5, 5.41) is 0. The van der Waals surface area contributed by atoms with Gasteiger partial charge in [-0.15, -0.1) is 0 Å². The van der Waals surface area contributed by atoms with Gasteiger partial charge in [-0.05, 0) is 26.7 Å². The largest absolute Gasteiger partial charge is 0.371 e. The summed E-state index contributed by atoms with van der Waals surface area (Å²) in [4.78, 5) is 6.67.